The molecule has 96 valence electrons. The van der Waals surface area contributed by atoms with Crippen molar-refractivity contribution in [3.63, 3.8) is 0 Å². The minimum Gasteiger partial charge on any atom is -0.383 e. The molecule has 0 radical (unpaired) electrons. The minimum atomic E-state index is -0.169. The van der Waals surface area contributed by atoms with E-state index in [-0.39, 0.29) is 11.9 Å². The number of rotatable bonds is 6. The average molecular weight is 240 g/mol. The van der Waals surface area contributed by atoms with Gasteiger partial charge in [-0.05, 0) is 6.42 Å². The molecular weight excluding hydrogens is 220 g/mol. The third kappa shape index (κ3) is 3.54. The molecule has 1 aromatic rings. The maximum absolute atomic E-state index is 12.0. The Bertz CT molecular complexity index is 376. The second-order valence-corrected chi connectivity index (χ2v) is 3.88. The maximum Gasteiger partial charge on any atom is 0.255 e. The maximum atomic E-state index is 12.0. The Balaban J connectivity index is 2.74. The highest BCUT2D eigenvalue weighted by molar-refractivity contribution is 5.95. The van der Waals surface area contributed by atoms with Gasteiger partial charge in [-0.2, -0.15) is 5.10 Å². The Labute approximate surface area is 101 Å². The quantitative estimate of drug-likeness (QED) is 0.714. The van der Waals surface area contributed by atoms with Crippen molar-refractivity contribution in [3.05, 3.63) is 17.5 Å². The second kappa shape index (κ2) is 6.36. The van der Waals surface area contributed by atoms with E-state index < -0.39 is 0 Å². The van der Waals surface area contributed by atoms with Crippen LogP contribution in [0, 0.1) is 0 Å². The van der Waals surface area contributed by atoms with Gasteiger partial charge >= 0.3 is 0 Å². The van der Waals surface area contributed by atoms with E-state index in [4.69, 9.17) is 10.5 Å². The average Bonchev–Trinajstić information content (AvgIpc) is 2.69. The van der Waals surface area contributed by atoms with Crippen molar-refractivity contribution in [1.29, 1.82) is 0 Å². The molecule has 1 aromatic heterocycles. The van der Waals surface area contributed by atoms with Crippen molar-refractivity contribution < 1.29 is 9.53 Å². The monoisotopic (exact) mass is 240 g/mol. The number of nitrogens with zero attached hydrogens (tertiary/aromatic N) is 2. The summed E-state index contributed by atoms with van der Waals surface area (Å²) in [7, 11) is 3.38. The number of nitrogens with two attached hydrogens (primary N) is 1. The molecule has 0 aliphatic heterocycles. The molecule has 1 heterocycles. The third-order valence-corrected chi connectivity index (χ3v) is 2.47. The van der Waals surface area contributed by atoms with Crippen molar-refractivity contribution in [2.45, 2.75) is 19.4 Å². The lowest BCUT2D eigenvalue weighted by Gasteiger charge is -2.15. The van der Waals surface area contributed by atoms with Gasteiger partial charge in [0.25, 0.3) is 5.91 Å². The minimum absolute atomic E-state index is 0.151. The van der Waals surface area contributed by atoms with Gasteiger partial charge in [-0.25, -0.2) is 0 Å². The first-order valence-corrected chi connectivity index (χ1v) is 5.64. The first-order valence-electron chi connectivity index (χ1n) is 5.64. The molecule has 3 N–H and O–H groups in total. The predicted octanol–water partition coefficient (Wildman–Crippen LogP) is -0.314. The molecule has 0 aromatic carbocycles. The highest BCUT2D eigenvalue weighted by Gasteiger charge is 2.17. The van der Waals surface area contributed by atoms with Crippen LogP contribution in [-0.4, -0.2) is 42.0 Å². The van der Waals surface area contributed by atoms with E-state index in [1.54, 1.807) is 25.0 Å². The lowest BCUT2D eigenvalue weighted by molar-refractivity contribution is 0.0899. The van der Waals surface area contributed by atoms with Crippen molar-refractivity contribution in [2.75, 3.05) is 20.3 Å². The van der Waals surface area contributed by atoms with Gasteiger partial charge in [0, 0.05) is 26.9 Å². The molecule has 17 heavy (non-hydrogen) atoms. The topological polar surface area (TPSA) is 82.2 Å². The molecule has 1 amide bonds. The third-order valence-electron chi connectivity index (χ3n) is 2.47. The van der Waals surface area contributed by atoms with E-state index in [0.29, 0.717) is 18.7 Å². The highest BCUT2D eigenvalue weighted by atomic mass is 16.5. The number of ether oxygens (including phenoxy) is 1. The Morgan fingerprint density at radius 1 is 1.71 bits per heavy atom. The smallest absolute Gasteiger partial charge is 0.255 e. The molecule has 6 heteroatoms. The van der Waals surface area contributed by atoms with Gasteiger partial charge in [0.1, 0.15) is 0 Å². The van der Waals surface area contributed by atoms with Gasteiger partial charge in [0.05, 0.1) is 23.9 Å². The van der Waals surface area contributed by atoms with Crippen LogP contribution in [0.15, 0.2) is 6.20 Å². The van der Waals surface area contributed by atoms with E-state index in [2.05, 4.69) is 10.4 Å². The van der Waals surface area contributed by atoms with Crippen LogP contribution in [0.1, 0.15) is 23.0 Å². The van der Waals surface area contributed by atoms with Gasteiger partial charge in [-0.15, -0.1) is 0 Å². The number of nitrogens with one attached hydrogen (secondary N) is 1. The summed E-state index contributed by atoms with van der Waals surface area (Å²) < 4.78 is 6.62. The second-order valence-electron chi connectivity index (χ2n) is 3.88. The van der Waals surface area contributed by atoms with E-state index in [1.807, 2.05) is 6.92 Å². The van der Waals surface area contributed by atoms with Gasteiger partial charge in [0.2, 0.25) is 0 Å². The molecule has 1 unspecified atom stereocenters. The summed E-state index contributed by atoms with van der Waals surface area (Å²) in [6, 6.07) is -0.169. The van der Waals surface area contributed by atoms with Crippen molar-refractivity contribution in [3.8, 4) is 0 Å². The Morgan fingerprint density at radius 2 is 2.41 bits per heavy atom. The fourth-order valence-corrected chi connectivity index (χ4v) is 1.62. The normalized spacial score (nSPS) is 12.5. The van der Waals surface area contributed by atoms with Crippen LogP contribution in [0.4, 0.5) is 0 Å². The van der Waals surface area contributed by atoms with E-state index in [9.17, 15) is 4.79 Å². The lowest BCUT2D eigenvalue weighted by Crippen LogP contribution is -2.43. The Kier molecular flexibility index (Phi) is 5.11. The molecule has 1 atom stereocenters. The number of aryl methyl sites for hydroxylation is 2. The number of hydrogen-bond acceptors (Lipinski definition) is 4. The lowest BCUT2D eigenvalue weighted by atomic mass is 10.2. The van der Waals surface area contributed by atoms with Crippen LogP contribution in [0.25, 0.3) is 0 Å². The molecule has 0 bridgehead atoms. The summed E-state index contributed by atoms with van der Waals surface area (Å²) in [5.74, 6) is -0.151. The predicted molar refractivity (Wildman–Crippen MR) is 64.8 cm³/mol. The number of methoxy groups -OCH3 is 1. The van der Waals surface area contributed by atoms with E-state index in [0.717, 1.165) is 12.1 Å². The van der Waals surface area contributed by atoms with Gasteiger partial charge < -0.3 is 15.8 Å². The number of carbonyl (C=O) groups excluding carboxylic acids is 1. The summed E-state index contributed by atoms with van der Waals surface area (Å²) in [5.41, 5.74) is 6.94. The zero-order valence-corrected chi connectivity index (χ0v) is 10.6. The molecule has 6 nitrogen and oxygen atoms in total. The van der Waals surface area contributed by atoms with Gasteiger partial charge in [-0.1, -0.05) is 6.92 Å². The van der Waals surface area contributed by atoms with Crippen LogP contribution < -0.4 is 11.1 Å². The standard InChI is InChI=1S/C11H20N4O2/c1-4-10-9(6-15(2)14-10)11(16)13-8(5-12)7-17-3/h6,8H,4-5,7,12H2,1-3H3,(H,13,16). The summed E-state index contributed by atoms with van der Waals surface area (Å²) in [5, 5.41) is 7.05. The van der Waals surface area contributed by atoms with Gasteiger partial charge in [0.15, 0.2) is 0 Å². The number of amides is 1. The van der Waals surface area contributed by atoms with Crippen LogP contribution in [-0.2, 0) is 18.2 Å². The Morgan fingerprint density at radius 3 is 2.94 bits per heavy atom. The van der Waals surface area contributed by atoms with Crippen LogP contribution in [0.5, 0.6) is 0 Å². The fraction of sp³-hybridized carbons (Fsp3) is 0.636. The summed E-state index contributed by atoms with van der Waals surface area (Å²) in [6.07, 6.45) is 2.44. The summed E-state index contributed by atoms with van der Waals surface area (Å²) >= 11 is 0. The molecule has 0 fully saturated rings. The molecule has 0 saturated heterocycles. The summed E-state index contributed by atoms with van der Waals surface area (Å²) in [4.78, 5) is 12.0. The summed E-state index contributed by atoms with van der Waals surface area (Å²) in [6.45, 7) is 2.72. The first-order chi connectivity index (χ1) is 8.12. The molecule has 0 aliphatic carbocycles. The zero-order chi connectivity index (χ0) is 12.8. The number of carbonyl (C=O) groups is 1. The first kappa shape index (κ1) is 13.7. The fourth-order valence-electron chi connectivity index (χ4n) is 1.62. The molecule has 1 rings (SSSR count). The molecular formula is C11H20N4O2. The SMILES string of the molecule is CCc1nn(C)cc1C(=O)NC(CN)COC. The van der Waals surface area contributed by atoms with Crippen LogP contribution in [0.3, 0.4) is 0 Å². The molecule has 0 aliphatic rings. The highest BCUT2D eigenvalue weighted by Crippen LogP contribution is 2.07. The number of hydrogen-bond donors (Lipinski definition) is 2. The number of aromatic nitrogens is 2. The van der Waals surface area contributed by atoms with Crippen LogP contribution in [0.2, 0.25) is 0 Å². The van der Waals surface area contributed by atoms with Crippen LogP contribution >= 0.6 is 0 Å². The Hall–Kier alpha value is -1.40. The molecule has 0 spiro atoms. The molecule has 0 saturated carbocycles. The van der Waals surface area contributed by atoms with E-state index in [1.165, 1.54) is 0 Å². The van der Waals surface area contributed by atoms with Crippen molar-refractivity contribution in [1.82, 2.24) is 15.1 Å². The largest absolute Gasteiger partial charge is 0.383 e. The van der Waals surface area contributed by atoms with Gasteiger partial charge in [-0.3, -0.25) is 9.48 Å². The van der Waals surface area contributed by atoms with Crippen molar-refractivity contribution in [2.24, 2.45) is 12.8 Å². The zero-order valence-electron chi connectivity index (χ0n) is 10.6. The van der Waals surface area contributed by atoms with Crippen molar-refractivity contribution >= 4 is 5.91 Å². The van der Waals surface area contributed by atoms with E-state index >= 15 is 0 Å².